The first kappa shape index (κ1) is 40.0. The second kappa shape index (κ2) is 20.9. The molecular weight excluding hydrogens is 853 g/mol. The quantitative estimate of drug-likeness (QED) is 0.152. The van der Waals surface area contributed by atoms with Crippen LogP contribution in [0.5, 0.6) is 0 Å². The molecule has 0 saturated carbocycles. The molecule has 2 heterocycles. The molecule has 0 N–H and O–H groups in total. The van der Waals surface area contributed by atoms with Gasteiger partial charge in [0.05, 0.1) is 46.6 Å². The van der Waals surface area contributed by atoms with Crippen molar-refractivity contribution in [2.24, 2.45) is 0 Å². The Morgan fingerprint density at radius 3 is 0.891 bits per heavy atom. The van der Waals surface area contributed by atoms with Gasteiger partial charge in [0.1, 0.15) is 5.78 Å². The fourth-order valence-electron chi connectivity index (χ4n) is 5.84. The average molecular weight is 895 g/mol. The Morgan fingerprint density at radius 2 is 0.655 bits per heavy atom. The Hall–Kier alpha value is -6.20. The number of nitrogens with zero attached hydrogens (tertiary/aromatic N) is 4. The average Bonchev–Trinajstić information content (AvgIpc) is 3.25. The van der Waals surface area contributed by atoms with Crippen LogP contribution in [0.15, 0.2) is 194 Å². The van der Waals surface area contributed by atoms with Gasteiger partial charge in [-0.1, -0.05) is 189 Å². The van der Waals surface area contributed by atoms with Gasteiger partial charge in [0.25, 0.3) is 0 Å². The van der Waals surface area contributed by atoms with Crippen LogP contribution in [0.2, 0.25) is 0 Å². The van der Waals surface area contributed by atoms with E-state index in [1.54, 1.807) is 6.92 Å². The third-order valence-electron chi connectivity index (χ3n) is 8.48. The van der Waals surface area contributed by atoms with Crippen LogP contribution in [0.25, 0.3) is 67.5 Å². The molecule has 8 rings (SSSR count). The summed E-state index contributed by atoms with van der Waals surface area (Å²) in [5.74, 6) is 0.289. The molecule has 0 aliphatic rings. The van der Waals surface area contributed by atoms with Crippen molar-refractivity contribution < 1.29 is 24.9 Å². The maximum atomic E-state index is 10.0. The molecule has 55 heavy (non-hydrogen) atoms. The summed E-state index contributed by atoms with van der Waals surface area (Å²) < 4.78 is 0. The van der Waals surface area contributed by atoms with Crippen molar-refractivity contribution in [3.05, 3.63) is 194 Å². The summed E-state index contributed by atoms with van der Waals surface area (Å²) in [5, 5.41) is 0. The van der Waals surface area contributed by atoms with E-state index in [1.165, 1.54) is 0 Å². The molecule has 0 bridgehead atoms. The molecule has 0 fully saturated rings. The normalized spacial score (nSPS) is 10.1. The second-order valence-corrected chi connectivity index (χ2v) is 12.6. The SMILES string of the molecule is CCCC(C)=O.[Ir+3].c1ccc(-c2cnc(-c3ccccc3)c(-c3ccccc3)n2)cc1.c1ccc(-c2cnc(-c3ccccc3)c(-c3ccccc3)n2)cc1. The third-order valence-corrected chi connectivity index (χ3v) is 8.48. The van der Waals surface area contributed by atoms with Gasteiger partial charge >= 0.3 is 20.1 Å². The standard InChI is InChI=1S/2C22H16N2.C5H10O.Ir/c2*1-4-10-17(11-5-1)20-16-23-21(18-12-6-2-7-13-18)22(24-20)19-14-8-3-9-15-19;1-3-4-5(2)6;/h2*1-16H;3-4H2,1-2H3;/q;;;+3. The van der Waals surface area contributed by atoms with Gasteiger partial charge in [-0.25, -0.2) is 9.97 Å². The molecular formula is C49H42IrN4O+3. The maximum absolute atomic E-state index is 10.0. The summed E-state index contributed by atoms with van der Waals surface area (Å²) in [6.45, 7) is 3.62. The van der Waals surface area contributed by atoms with Crippen LogP contribution in [0.1, 0.15) is 26.7 Å². The fraction of sp³-hybridized carbons (Fsp3) is 0.0816. The maximum Gasteiger partial charge on any atom is 3.00 e. The van der Waals surface area contributed by atoms with Gasteiger partial charge in [0.15, 0.2) is 0 Å². The Balaban J connectivity index is 0.000000181. The number of ketones is 1. The zero-order chi connectivity index (χ0) is 37.4. The number of rotatable bonds is 8. The van der Waals surface area contributed by atoms with E-state index in [2.05, 4.69) is 72.8 Å². The first-order valence-electron chi connectivity index (χ1n) is 18.2. The number of carbonyl (C=O) groups excluding carboxylic acids is 1. The van der Waals surface area contributed by atoms with Crippen molar-refractivity contribution in [1.29, 1.82) is 0 Å². The second-order valence-electron chi connectivity index (χ2n) is 12.6. The van der Waals surface area contributed by atoms with Gasteiger partial charge in [-0.15, -0.1) is 0 Å². The predicted octanol–water partition coefficient (Wildman–Crippen LogP) is 12.3. The summed E-state index contributed by atoms with van der Waals surface area (Å²) in [4.78, 5) is 29.4. The molecule has 270 valence electrons. The molecule has 6 heteroatoms. The molecule has 0 saturated heterocycles. The van der Waals surface area contributed by atoms with Crippen LogP contribution in [-0.4, -0.2) is 25.7 Å². The summed E-state index contributed by atoms with van der Waals surface area (Å²) in [5.41, 5.74) is 11.8. The molecule has 2 aromatic heterocycles. The smallest absolute Gasteiger partial charge is 0.300 e. The Bertz CT molecular complexity index is 2180. The Labute approximate surface area is 337 Å². The van der Waals surface area contributed by atoms with Crippen molar-refractivity contribution in [3.63, 3.8) is 0 Å². The molecule has 0 radical (unpaired) electrons. The van der Waals surface area contributed by atoms with Gasteiger partial charge in [0, 0.05) is 39.8 Å². The topological polar surface area (TPSA) is 68.6 Å². The van der Waals surface area contributed by atoms with E-state index < -0.39 is 0 Å². The molecule has 6 aromatic carbocycles. The molecule has 8 aromatic rings. The zero-order valence-corrected chi connectivity index (χ0v) is 33.3. The molecule has 0 amide bonds. The monoisotopic (exact) mass is 895 g/mol. The minimum absolute atomic E-state index is 0. The number of benzene rings is 6. The van der Waals surface area contributed by atoms with E-state index in [4.69, 9.17) is 19.9 Å². The predicted molar refractivity (Wildman–Crippen MR) is 222 cm³/mol. The molecule has 5 nitrogen and oxygen atoms in total. The van der Waals surface area contributed by atoms with Gasteiger partial charge in [-0.3, -0.25) is 9.97 Å². The van der Waals surface area contributed by atoms with E-state index in [0.717, 1.165) is 80.4 Å². The van der Waals surface area contributed by atoms with Crippen LogP contribution in [0.4, 0.5) is 0 Å². The van der Waals surface area contributed by atoms with Crippen LogP contribution in [0, 0.1) is 0 Å². The fourth-order valence-corrected chi connectivity index (χ4v) is 5.84. The third kappa shape index (κ3) is 11.2. The van der Waals surface area contributed by atoms with Crippen LogP contribution in [0.3, 0.4) is 0 Å². The van der Waals surface area contributed by atoms with Crippen LogP contribution < -0.4 is 0 Å². The molecule has 0 spiro atoms. The van der Waals surface area contributed by atoms with Crippen molar-refractivity contribution in [2.45, 2.75) is 26.7 Å². The minimum atomic E-state index is 0. The van der Waals surface area contributed by atoms with Crippen molar-refractivity contribution in [2.75, 3.05) is 0 Å². The zero-order valence-electron chi connectivity index (χ0n) is 30.9. The summed E-state index contributed by atoms with van der Waals surface area (Å²) in [7, 11) is 0. The van der Waals surface area contributed by atoms with Gasteiger partial charge in [-0.2, -0.15) is 0 Å². The number of Topliss-reactive ketones (excluding diaryl/α,β-unsaturated/α-hetero) is 1. The first-order chi connectivity index (χ1) is 26.6. The molecule has 0 unspecified atom stereocenters. The minimum Gasteiger partial charge on any atom is -0.300 e. The van der Waals surface area contributed by atoms with Gasteiger partial charge < -0.3 is 4.79 Å². The first-order valence-corrected chi connectivity index (χ1v) is 18.2. The van der Waals surface area contributed by atoms with Crippen molar-refractivity contribution >= 4 is 5.78 Å². The summed E-state index contributed by atoms with van der Waals surface area (Å²) >= 11 is 0. The Kier molecular flexibility index (Phi) is 15.2. The van der Waals surface area contributed by atoms with Gasteiger partial charge in [-0.05, 0) is 13.3 Å². The van der Waals surface area contributed by atoms with Crippen molar-refractivity contribution in [3.8, 4) is 67.5 Å². The van der Waals surface area contributed by atoms with E-state index in [-0.39, 0.29) is 25.9 Å². The molecule has 0 atom stereocenters. The van der Waals surface area contributed by atoms with E-state index in [9.17, 15) is 4.79 Å². The molecule has 0 aliphatic heterocycles. The summed E-state index contributed by atoms with van der Waals surface area (Å²) in [6.07, 6.45) is 5.42. The van der Waals surface area contributed by atoms with E-state index >= 15 is 0 Å². The number of hydrogen-bond acceptors (Lipinski definition) is 5. The number of aromatic nitrogens is 4. The van der Waals surface area contributed by atoms with Crippen LogP contribution in [-0.2, 0) is 24.9 Å². The Morgan fingerprint density at radius 1 is 0.400 bits per heavy atom. The van der Waals surface area contributed by atoms with Crippen molar-refractivity contribution in [1.82, 2.24) is 19.9 Å². The van der Waals surface area contributed by atoms with E-state index in [0.29, 0.717) is 0 Å². The molecule has 0 aliphatic carbocycles. The summed E-state index contributed by atoms with van der Waals surface area (Å²) in [6, 6.07) is 61.1. The van der Waals surface area contributed by atoms with Gasteiger partial charge in [0.2, 0.25) is 0 Å². The van der Waals surface area contributed by atoms with Crippen LogP contribution >= 0.6 is 0 Å². The largest absolute Gasteiger partial charge is 3.00 e. The van der Waals surface area contributed by atoms with E-state index in [1.807, 2.05) is 129 Å². The number of carbonyl (C=O) groups is 1. The number of hydrogen-bond donors (Lipinski definition) is 0.